The summed E-state index contributed by atoms with van der Waals surface area (Å²) >= 11 is 7.27. The number of nitrogens with zero attached hydrogens (tertiary/aromatic N) is 1. The van der Waals surface area contributed by atoms with Gasteiger partial charge in [0.2, 0.25) is 0 Å². The zero-order valence-electron chi connectivity index (χ0n) is 17.5. The molecule has 0 aromatic heterocycles. The lowest BCUT2D eigenvalue weighted by molar-refractivity contribution is -0.113. The van der Waals surface area contributed by atoms with E-state index in [1.165, 1.54) is 5.56 Å². The van der Waals surface area contributed by atoms with Crippen molar-refractivity contribution in [3.63, 3.8) is 0 Å². The molecule has 0 saturated carbocycles. The number of para-hydroxylation sites is 1. The van der Waals surface area contributed by atoms with E-state index < -0.39 is 0 Å². The third kappa shape index (κ3) is 4.63. The molecule has 4 rings (SSSR count). The van der Waals surface area contributed by atoms with Crippen LogP contribution in [-0.2, 0) is 11.4 Å². The van der Waals surface area contributed by atoms with Crippen LogP contribution in [0.2, 0.25) is 0 Å². The molecule has 31 heavy (non-hydrogen) atoms. The Balaban J connectivity index is 1.61. The predicted octanol–water partition coefficient (Wildman–Crippen LogP) is 7.40. The van der Waals surface area contributed by atoms with Gasteiger partial charge < -0.3 is 9.64 Å². The Hall–Kier alpha value is -2.37. The lowest BCUT2D eigenvalue weighted by Gasteiger charge is -2.15. The number of halogens is 2. The van der Waals surface area contributed by atoms with Gasteiger partial charge in [-0.05, 0) is 80.6 Å². The molecule has 1 amide bonds. The Kier molecular flexibility index (Phi) is 6.63. The number of hydrogen-bond acceptors (Lipinski definition) is 2. The highest BCUT2D eigenvalue weighted by atomic mass is 79.9. The molecule has 0 atom stereocenters. The number of ether oxygens (including phenoxy) is 1. The van der Waals surface area contributed by atoms with Gasteiger partial charge in [-0.3, -0.25) is 4.79 Å². The van der Waals surface area contributed by atoms with Crippen molar-refractivity contribution in [1.29, 1.82) is 0 Å². The molecule has 0 N–H and O–H groups in total. The summed E-state index contributed by atoms with van der Waals surface area (Å²) in [7, 11) is 0. The molecular formula is C26H23Br2NO2. The molecule has 0 aliphatic carbocycles. The van der Waals surface area contributed by atoms with Gasteiger partial charge in [-0.15, -0.1) is 0 Å². The number of anilines is 1. The fourth-order valence-corrected chi connectivity index (χ4v) is 5.15. The third-order valence-electron chi connectivity index (χ3n) is 5.24. The lowest BCUT2D eigenvalue weighted by atomic mass is 10.0. The molecule has 0 saturated heterocycles. The highest BCUT2D eigenvalue weighted by Gasteiger charge is 2.31. The smallest absolute Gasteiger partial charge is 0.258 e. The van der Waals surface area contributed by atoms with Gasteiger partial charge >= 0.3 is 0 Å². The number of carbonyl (C=O) groups excluding carboxylic acids is 1. The number of carbonyl (C=O) groups is 1. The van der Waals surface area contributed by atoms with Crippen LogP contribution in [0.1, 0.15) is 35.6 Å². The molecule has 158 valence electrons. The summed E-state index contributed by atoms with van der Waals surface area (Å²) < 4.78 is 7.73. The molecule has 3 aromatic rings. The van der Waals surface area contributed by atoms with Gasteiger partial charge in [-0.1, -0.05) is 55.0 Å². The molecule has 1 heterocycles. The maximum atomic E-state index is 13.1. The second-order valence-electron chi connectivity index (χ2n) is 7.62. The van der Waals surface area contributed by atoms with Crippen molar-refractivity contribution in [3.05, 3.63) is 91.9 Å². The Bertz CT molecular complexity index is 1130. The number of amides is 1. The van der Waals surface area contributed by atoms with Crippen molar-refractivity contribution in [1.82, 2.24) is 0 Å². The predicted molar refractivity (Wildman–Crippen MR) is 134 cm³/mol. The van der Waals surface area contributed by atoms with Crippen LogP contribution >= 0.6 is 31.9 Å². The molecule has 0 radical (unpaired) electrons. The van der Waals surface area contributed by atoms with Gasteiger partial charge in [0, 0.05) is 17.7 Å². The summed E-state index contributed by atoms with van der Waals surface area (Å²) in [6, 6.07) is 20.2. The summed E-state index contributed by atoms with van der Waals surface area (Å²) in [5.41, 5.74) is 5.95. The number of fused-ring (bicyclic) bond motifs is 1. The highest BCUT2D eigenvalue weighted by Crippen LogP contribution is 2.40. The summed E-state index contributed by atoms with van der Waals surface area (Å²) in [6.45, 7) is 5.35. The zero-order valence-corrected chi connectivity index (χ0v) is 20.7. The molecule has 3 nitrogen and oxygen atoms in total. The lowest BCUT2D eigenvalue weighted by Crippen LogP contribution is -2.26. The molecule has 3 aromatic carbocycles. The number of rotatable bonds is 6. The molecule has 1 aliphatic rings. The first kappa shape index (κ1) is 21.8. The Morgan fingerprint density at radius 2 is 1.68 bits per heavy atom. The van der Waals surface area contributed by atoms with Crippen LogP contribution < -0.4 is 9.64 Å². The van der Waals surface area contributed by atoms with Gasteiger partial charge in [0.1, 0.15) is 12.4 Å². The molecular weight excluding hydrogens is 518 g/mol. The van der Waals surface area contributed by atoms with E-state index in [0.29, 0.717) is 13.2 Å². The standard InChI is InChI=1S/C26H23Br2NO2/c1-3-12-29-24-7-5-4-6-20(24)21(26(29)30)13-19-14-22(27)25(23(28)15-19)31-16-18-10-8-17(2)9-11-18/h4-11,13-15H,3,12,16H2,1-2H3/b21-13-. The maximum Gasteiger partial charge on any atom is 0.258 e. The van der Waals surface area contributed by atoms with Gasteiger partial charge in [-0.25, -0.2) is 0 Å². The second-order valence-corrected chi connectivity index (χ2v) is 9.33. The minimum Gasteiger partial charge on any atom is -0.487 e. The van der Waals surface area contributed by atoms with Crippen molar-refractivity contribution in [2.24, 2.45) is 0 Å². The van der Waals surface area contributed by atoms with Gasteiger partial charge in [0.15, 0.2) is 0 Å². The van der Waals surface area contributed by atoms with Crippen LogP contribution in [0.25, 0.3) is 11.6 Å². The molecule has 5 heteroatoms. The normalized spacial score (nSPS) is 14.3. The fourth-order valence-electron chi connectivity index (χ4n) is 3.70. The van der Waals surface area contributed by atoms with E-state index in [9.17, 15) is 4.79 Å². The fraction of sp³-hybridized carbons (Fsp3) is 0.192. The van der Waals surface area contributed by atoms with E-state index in [0.717, 1.165) is 49.1 Å². The van der Waals surface area contributed by atoms with E-state index in [1.54, 1.807) is 0 Å². The van der Waals surface area contributed by atoms with Crippen molar-refractivity contribution in [2.45, 2.75) is 26.9 Å². The number of aryl methyl sites for hydroxylation is 1. The van der Waals surface area contributed by atoms with Crippen LogP contribution in [-0.4, -0.2) is 12.5 Å². The molecule has 0 spiro atoms. The quantitative estimate of drug-likeness (QED) is 0.305. The second kappa shape index (κ2) is 9.41. The zero-order chi connectivity index (χ0) is 22.0. The molecule has 0 unspecified atom stereocenters. The Morgan fingerprint density at radius 1 is 1.00 bits per heavy atom. The van der Waals surface area contributed by atoms with Gasteiger partial charge in [-0.2, -0.15) is 0 Å². The van der Waals surface area contributed by atoms with Crippen LogP contribution in [0.5, 0.6) is 5.75 Å². The van der Waals surface area contributed by atoms with Crippen LogP contribution in [0, 0.1) is 6.92 Å². The van der Waals surface area contributed by atoms with Crippen molar-refractivity contribution >= 4 is 55.1 Å². The molecule has 0 bridgehead atoms. The largest absolute Gasteiger partial charge is 0.487 e. The summed E-state index contributed by atoms with van der Waals surface area (Å²) in [6.07, 6.45) is 2.87. The summed E-state index contributed by atoms with van der Waals surface area (Å²) in [5.74, 6) is 0.795. The van der Waals surface area contributed by atoms with Gasteiger partial charge in [0.25, 0.3) is 5.91 Å². The summed E-state index contributed by atoms with van der Waals surface area (Å²) in [4.78, 5) is 15.0. The number of benzene rings is 3. The highest BCUT2D eigenvalue weighted by molar-refractivity contribution is 9.11. The first-order valence-corrected chi connectivity index (χ1v) is 11.9. The minimum atomic E-state index is 0.0509. The maximum absolute atomic E-state index is 13.1. The van der Waals surface area contributed by atoms with Crippen LogP contribution in [0.3, 0.4) is 0 Å². The summed E-state index contributed by atoms with van der Waals surface area (Å²) in [5, 5.41) is 0. The third-order valence-corrected chi connectivity index (χ3v) is 6.42. The Morgan fingerprint density at radius 3 is 2.35 bits per heavy atom. The molecule has 1 aliphatic heterocycles. The van der Waals surface area contributed by atoms with Crippen molar-refractivity contribution in [3.8, 4) is 5.75 Å². The molecule has 0 fully saturated rings. The van der Waals surface area contributed by atoms with E-state index in [1.807, 2.05) is 47.4 Å². The van der Waals surface area contributed by atoms with Gasteiger partial charge in [0.05, 0.1) is 14.6 Å². The van der Waals surface area contributed by atoms with E-state index in [4.69, 9.17) is 4.74 Å². The SMILES string of the molecule is CCCN1C(=O)/C(=C\c2cc(Br)c(OCc3ccc(C)cc3)c(Br)c2)c2ccccc21. The van der Waals surface area contributed by atoms with E-state index >= 15 is 0 Å². The first-order chi connectivity index (χ1) is 15.0. The average Bonchev–Trinajstić information content (AvgIpc) is 3.01. The first-order valence-electron chi connectivity index (χ1n) is 10.3. The minimum absolute atomic E-state index is 0.0509. The van der Waals surface area contributed by atoms with Crippen molar-refractivity contribution < 1.29 is 9.53 Å². The Labute approximate surface area is 200 Å². The van der Waals surface area contributed by atoms with Crippen molar-refractivity contribution in [2.75, 3.05) is 11.4 Å². The average molecular weight is 541 g/mol. The monoisotopic (exact) mass is 539 g/mol. The van der Waals surface area contributed by atoms with E-state index in [-0.39, 0.29) is 5.91 Å². The number of hydrogen-bond donors (Lipinski definition) is 0. The van der Waals surface area contributed by atoms with Crippen LogP contribution in [0.15, 0.2) is 69.6 Å². The van der Waals surface area contributed by atoms with E-state index in [2.05, 4.69) is 70.0 Å². The topological polar surface area (TPSA) is 29.5 Å². The van der Waals surface area contributed by atoms with Crippen LogP contribution in [0.4, 0.5) is 5.69 Å².